The molecule has 0 heterocycles. The number of urea groups is 1. The Bertz CT molecular complexity index is 388. The van der Waals surface area contributed by atoms with E-state index in [1.807, 2.05) is 11.8 Å². The number of nitrogens with one attached hydrogen (secondary N) is 2. The average molecular weight is 301 g/mol. The maximum atomic E-state index is 13.0. The molecule has 6 nitrogen and oxygen atoms in total. The van der Waals surface area contributed by atoms with Crippen LogP contribution in [0.4, 0.5) is 9.18 Å². The molecular weight excluding hydrogens is 277 g/mol. The van der Waals surface area contributed by atoms with E-state index < -0.39 is 12.1 Å². The number of hydrogen-bond acceptors (Lipinski definition) is 3. The zero-order valence-corrected chi connectivity index (χ0v) is 12.3. The molecule has 2 rings (SSSR count). The largest absolute Gasteiger partial charge is 0.480 e. The molecule has 0 aromatic heterocycles. The highest BCUT2D eigenvalue weighted by Crippen LogP contribution is 2.26. The van der Waals surface area contributed by atoms with Crippen LogP contribution in [0.2, 0.25) is 0 Å². The van der Waals surface area contributed by atoms with Crippen LogP contribution >= 0.6 is 0 Å². The number of hydrogen-bond donors (Lipinski definition) is 3. The fourth-order valence-corrected chi connectivity index (χ4v) is 3.15. The average Bonchev–Trinajstić information content (AvgIpc) is 2.76. The van der Waals surface area contributed by atoms with Crippen molar-refractivity contribution >= 4 is 12.0 Å². The van der Waals surface area contributed by atoms with Crippen molar-refractivity contribution < 1.29 is 19.1 Å². The highest BCUT2D eigenvalue weighted by molar-refractivity contribution is 5.74. The van der Waals surface area contributed by atoms with Gasteiger partial charge in [-0.1, -0.05) is 6.92 Å². The molecule has 2 aliphatic carbocycles. The third-order valence-corrected chi connectivity index (χ3v) is 4.41. The SMILES string of the molecule is CCN(CC(=O)O)C1CC(NC(=O)NC2CCC(F)C2)C1. The Morgan fingerprint density at radius 2 is 1.86 bits per heavy atom. The monoisotopic (exact) mass is 301 g/mol. The highest BCUT2D eigenvalue weighted by Gasteiger charge is 2.35. The lowest BCUT2D eigenvalue weighted by Crippen LogP contribution is -2.57. The van der Waals surface area contributed by atoms with E-state index in [9.17, 15) is 14.0 Å². The Hall–Kier alpha value is -1.37. The summed E-state index contributed by atoms with van der Waals surface area (Å²) in [6.45, 7) is 2.67. The van der Waals surface area contributed by atoms with Crippen LogP contribution in [0.25, 0.3) is 0 Å². The molecule has 0 aliphatic heterocycles. The summed E-state index contributed by atoms with van der Waals surface area (Å²) in [6, 6.07) is 0.00683. The lowest BCUT2D eigenvalue weighted by Gasteiger charge is -2.42. The lowest BCUT2D eigenvalue weighted by molar-refractivity contribution is -0.139. The molecule has 0 aromatic rings. The standard InChI is InChI=1S/C14H24FN3O3/c1-2-18(8-13(19)20)12-6-11(7-12)17-14(21)16-10-4-3-9(15)5-10/h9-12H,2-8H2,1H3,(H,19,20)(H2,16,17,21). The van der Waals surface area contributed by atoms with Crippen LogP contribution in [-0.2, 0) is 4.79 Å². The summed E-state index contributed by atoms with van der Waals surface area (Å²) in [6.07, 6.45) is 2.37. The van der Waals surface area contributed by atoms with Crippen LogP contribution in [0.5, 0.6) is 0 Å². The van der Waals surface area contributed by atoms with Crippen molar-refractivity contribution in [3.05, 3.63) is 0 Å². The molecule has 2 unspecified atom stereocenters. The van der Waals surface area contributed by atoms with E-state index in [0.29, 0.717) is 25.8 Å². The van der Waals surface area contributed by atoms with Crippen LogP contribution in [-0.4, -0.2) is 59.4 Å². The number of carboxylic acids is 1. The van der Waals surface area contributed by atoms with E-state index in [1.54, 1.807) is 0 Å². The van der Waals surface area contributed by atoms with Gasteiger partial charge in [0.25, 0.3) is 0 Å². The first-order valence-corrected chi connectivity index (χ1v) is 7.64. The van der Waals surface area contributed by atoms with Gasteiger partial charge in [0.15, 0.2) is 0 Å². The molecule has 0 radical (unpaired) electrons. The third-order valence-electron chi connectivity index (χ3n) is 4.41. The van der Waals surface area contributed by atoms with E-state index >= 15 is 0 Å². The normalized spacial score (nSPS) is 31.8. The van der Waals surface area contributed by atoms with Crippen LogP contribution in [0.3, 0.4) is 0 Å². The topological polar surface area (TPSA) is 81.7 Å². The first-order chi connectivity index (χ1) is 9.97. The summed E-state index contributed by atoms with van der Waals surface area (Å²) in [5.74, 6) is -0.826. The number of carboxylic acid groups (broad SMARTS) is 1. The number of aliphatic carboxylic acids is 1. The molecule has 120 valence electrons. The molecular formula is C14H24FN3O3. The molecule has 0 spiro atoms. The molecule has 2 saturated carbocycles. The Kier molecular flexibility index (Phi) is 5.39. The van der Waals surface area contributed by atoms with Gasteiger partial charge >= 0.3 is 12.0 Å². The van der Waals surface area contributed by atoms with Gasteiger partial charge in [-0.2, -0.15) is 0 Å². The first-order valence-electron chi connectivity index (χ1n) is 7.64. The fourth-order valence-electron chi connectivity index (χ4n) is 3.15. The van der Waals surface area contributed by atoms with Crippen LogP contribution < -0.4 is 10.6 Å². The predicted molar refractivity (Wildman–Crippen MR) is 75.9 cm³/mol. The second-order valence-corrected chi connectivity index (χ2v) is 6.00. The van der Waals surface area contributed by atoms with Gasteiger partial charge < -0.3 is 15.7 Å². The zero-order valence-electron chi connectivity index (χ0n) is 12.3. The Morgan fingerprint density at radius 3 is 2.38 bits per heavy atom. The van der Waals surface area contributed by atoms with E-state index in [2.05, 4.69) is 10.6 Å². The predicted octanol–water partition coefficient (Wildman–Crippen LogP) is 1.11. The minimum atomic E-state index is -0.826. The Balaban J connectivity index is 1.65. The van der Waals surface area contributed by atoms with Crippen molar-refractivity contribution in [2.24, 2.45) is 0 Å². The molecule has 21 heavy (non-hydrogen) atoms. The molecule has 3 N–H and O–H groups in total. The number of rotatable bonds is 6. The van der Waals surface area contributed by atoms with Crippen LogP contribution in [0.15, 0.2) is 0 Å². The number of likely N-dealkylation sites (N-methyl/N-ethyl adjacent to an activating group) is 1. The van der Waals surface area contributed by atoms with Gasteiger partial charge in [-0.25, -0.2) is 9.18 Å². The summed E-state index contributed by atoms with van der Waals surface area (Å²) in [7, 11) is 0. The summed E-state index contributed by atoms with van der Waals surface area (Å²) in [5.41, 5.74) is 0. The maximum absolute atomic E-state index is 13.0. The van der Waals surface area contributed by atoms with Gasteiger partial charge in [-0.05, 0) is 38.6 Å². The molecule has 0 saturated heterocycles. The van der Waals surface area contributed by atoms with Gasteiger partial charge in [0.1, 0.15) is 6.17 Å². The Morgan fingerprint density at radius 1 is 1.19 bits per heavy atom. The quantitative estimate of drug-likeness (QED) is 0.686. The number of nitrogens with zero attached hydrogens (tertiary/aromatic N) is 1. The van der Waals surface area contributed by atoms with Crippen LogP contribution in [0.1, 0.15) is 39.0 Å². The molecule has 0 aromatic carbocycles. The second kappa shape index (κ2) is 7.06. The summed E-state index contributed by atoms with van der Waals surface area (Å²) >= 11 is 0. The molecule has 2 amide bonds. The van der Waals surface area contributed by atoms with Gasteiger partial charge in [0.05, 0.1) is 6.54 Å². The first kappa shape index (κ1) is 16.0. The van der Waals surface area contributed by atoms with E-state index in [0.717, 1.165) is 12.8 Å². The van der Waals surface area contributed by atoms with Crippen molar-refractivity contribution in [2.45, 2.75) is 63.3 Å². The lowest BCUT2D eigenvalue weighted by atomic mass is 9.85. The molecule has 2 fully saturated rings. The van der Waals surface area contributed by atoms with E-state index in [-0.39, 0.29) is 30.7 Å². The molecule has 2 atom stereocenters. The summed E-state index contributed by atoms with van der Waals surface area (Å²) in [4.78, 5) is 24.4. The number of carbonyl (C=O) groups is 2. The minimum Gasteiger partial charge on any atom is -0.480 e. The summed E-state index contributed by atoms with van der Waals surface area (Å²) in [5, 5.41) is 14.5. The van der Waals surface area contributed by atoms with Gasteiger partial charge in [0, 0.05) is 18.1 Å². The van der Waals surface area contributed by atoms with Crippen molar-refractivity contribution in [3.63, 3.8) is 0 Å². The van der Waals surface area contributed by atoms with Crippen molar-refractivity contribution in [2.75, 3.05) is 13.1 Å². The number of halogens is 1. The third kappa shape index (κ3) is 4.56. The molecule has 0 bridgehead atoms. The Labute approximate surface area is 124 Å². The smallest absolute Gasteiger partial charge is 0.317 e. The van der Waals surface area contributed by atoms with Crippen LogP contribution in [0, 0.1) is 0 Å². The van der Waals surface area contributed by atoms with Crippen molar-refractivity contribution in [1.82, 2.24) is 15.5 Å². The van der Waals surface area contributed by atoms with E-state index in [1.165, 1.54) is 0 Å². The second-order valence-electron chi connectivity index (χ2n) is 6.00. The number of alkyl halides is 1. The minimum absolute atomic E-state index is 0.0417. The zero-order chi connectivity index (χ0) is 15.4. The van der Waals surface area contributed by atoms with Crippen molar-refractivity contribution in [3.8, 4) is 0 Å². The summed E-state index contributed by atoms with van der Waals surface area (Å²) < 4.78 is 13.0. The van der Waals surface area contributed by atoms with Gasteiger partial charge in [0.2, 0.25) is 0 Å². The van der Waals surface area contributed by atoms with Gasteiger partial charge in [-0.3, -0.25) is 9.69 Å². The number of carbonyl (C=O) groups excluding carboxylic acids is 1. The highest BCUT2D eigenvalue weighted by atomic mass is 19.1. The molecule has 2 aliphatic rings. The van der Waals surface area contributed by atoms with Gasteiger partial charge in [-0.15, -0.1) is 0 Å². The maximum Gasteiger partial charge on any atom is 0.317 e. The number of amides is 2. The van der Waals surface area contributed by atoms with E-state index in [4.69, 9.17) is 5.11 Å². The van der Waals surface area contributed by atoms with Crippen molar-refractivity contribution in [1.29, 1.82) is 0 Å². The molecule has 7 heteroatoms. The fraction of sp³-hybridized carbons (Fsp3) is 0.857.